The molecule has 2 aromatic carbocycles. The number of oxazole rings is 1. The van der Waals surface area contributed by atoms with Gasteiger partial charge < -0.3 is 14.8 Å². The monoisotopic (exact) mass is 419 g/mol. The van der Waals surface area contributed by atoms with Gasteiger partial charge in [-0.1, -0.05) is 54.6 Å². The smallest absolute Gasteiger partial charge is 0.220 e. The number of nitrogens with one attached hydrogen (secondary N) is 1. The van der Waals surface area contributed by atoms with Crippen LogP contribution in [0.1, 0.15) is 36.3 Å². The second-order valence-corrected chi connectivity index (χ2v) is 8.08. The summed E-state index contributed by atoms with van der Waals surface area (Å²) in [5, 5.41) is 12.6. The summed E-state index contributed by atoms with van der Waals surface area (Å²) >= 11 is 0. The number of carbonyl (C=O) groups excluding carboxylic acids is 1. The van der Waals surface area contributed by atoms with E-state index < -0.39 is 0 Å². The number of aliphatic hydroxyl groups is 1. The van der Waals surface area contributed by atoms with Crippen LogP contribution in [0.2, 0.25) is 0 Å². The molecule has 0 saturated carbocycles. The maximum Gasteiger partial charge on any atom is 0.220 e. The third-order valence-electron chi connectivity index (χ3n) is 5.65. The molecule has 0 bridgehead atoms. The lowest BCUT2D eigenvalue weighted by Crippen LogP contribution is -2.35. The number of likely N-dealkylation sites (tertiary alicyclic amines) is 1. The molecule has 1 aliphatic heterocycles. The molecule has 1 fully saturated rings. The standard InChI is InChI=1S/C25H29N3O3/c29-22-12-14-28(15-13-22)18-20-8-6-19(7-9-20)16-26-24(30)10-11-25-27-17-23(31-25)21-4-2-1-3-5-21/h1-9,17,22,29H,10-16,18H2,(H,26,30). The largest absolute Gasteiger partial charge is 0.441 e. The Labute approximate surface area is 182 Å². The van der Waals surface area contributed by atoms with E-state index in [0.717, 1.165) is 49.4 Å². The fourth-order valence-corrected chi connectivity index (χ4v) is 3.77. The fourth-order valence-electron chi connectivity index (χ4n) is 3.77. The summed E-state index contributed by atoms with van der Waals surface area (Å²) in [6.45, 7) is 3.29. The Morgan fingerprint density at radius 2 is 1.77 bits per heavy atom. The van der Waals surface area contributed by atoms with Crippen LogP contribution in [0.4, 0.5) is 0 Å². The second-order valence-electron chi connectivity index (χ2n) is 8.08. The molecule has 31 heavy (non-hydrogen) atoms. The molecule has 6 heteroatoms. The Bertz CT molecular complexity index is 961. The van der Waals surface area contributed by atoms with Crippen molar-refractivity contribution >= 4 is 5.91 Å². The number of piperidine rings is 1. The number of hydrogen-bond acceptors (Lipinski definition) is 5. The minimum atomic E-state index is -0.142. The molecule has 162 valence electrons. The second kappa shape index (κ2) is 10.4. The molecular formula is C25H29N3O3. The van der Waals surface area contributed by atoms with Gasteiger partial charge in [0.05, 0.1) is 12.3 Å². The summed E-state index contributed by atoms with van der Waals surface area (Å²) in [4.78, 5) is 18.9. The third kappa shape index (κ3) is 6.26. The fraction of sp³-hybridized carbons (Fsp3) is 0.360. The topological polar surface area (TPSA) is 78.6 Å². The van der Waals surface area contributed by atoms with E-state index in [1.54, 1.807) is 6.20 Å². The van der Waals surface area contributed by atoms with Gasteiger partial charge in [-0.3, -0.25) is 9.69 Å². The Kier molecular flexibility index (Phi) is 7.12. The molecule has 0 unspecified atom stereocenters. The summed E-state index contributed by atoms with van der Waals surface area (Å²) in [7, 11) is 0. The van der Waals surface area contributed by atoms with Gasteiger partial charge >= 0.3 is 0 Å². The maximum atomic E-state index is 12.2. The highest BCUT2D eigenvalue weighted by atomic mass is 16.4. The van der Waals surface area contributed by atoms with E-state index in [1.807, 2.05) is 30.3 Å². The van der Waals surface area contributed by atoms with Crippen molar-refractivity contribution in [1.82, 2.24) is 15.2 Å². The molecule has 1 aromatic heterocycles. The van der Waals surface area contributed by atoms with Crippen molar-refractivity contribution in [2.24, 2.45) is 0 Å². The van der Waals surface area contributed by atoms with Crippen LogP contribution in [-0.2, 0) is 24.3 Å². The molecular weight excluding hydrogens is 390 g/mol. The lowest BCUT2D eigenvalue weighted by atomic mass is 10.1. The average molecular weight is 420 g/mol. The lowest BCUT2D eigenvalue weighted by molar-refractivity contribution is -0.121. The van der Waals surface area contributed by atoms with Crippen molar-refractivity contribution < 1.29 is 14.3 Å². The number of benzene rings is 2. The highest BCUT2D eigenvalue weighted by molar-refractivity contribution is 5.76. The molecule has 1 aliphatic rings. The first-order valence-corrected chi connectivity index (χ1v) is 10.9. The molecule has 0 atom stereocenters. The predicted molar refractivity (Wildman–Crippen MR) is 119 cm³/mol. The summed E-state index contributed by atoms with van der Waals surface area (Å²) in [6.07, 6.45) is 4.08. The zero-order valence-corrected chi connectivity index (χ0v) is 17.7. The van der Waals surface area contributed by atoms with Gasteiger partial charge in [-0.15, -0.1) is 0 Å². The number of aliphatic hydroxyl groups excluding tert-OH is 1. The minimum absolute atomic E-state index is 0.0181. The molecule has 0 spiro atoms. The van der Waals surface area contributed by atoms with Gasteiger partial charge in [-0.05, 0) is 24.0 Å². The summed E-state index contributed by atoms with van der Waals surface area (Å²) in [5.74, 6) is 1.27. The van der Waals surface area contributed by atoms with Gasteiger partial charge in [-0.25, -0.2) is 4.98 Å². The van der Waals surface area contributed by atoms with E-state index in [1.165, 1.54) is 5.56 Å². The number of nitrogens with zero attached hydrogens (tertiary/aromatic N) is 2. The third-order valence-corrected chi connectivity index (χ3v) is 5.65. The highest BCUT2D eigenvalue weighted by Crippen LogP contribution is 2.20. The van der Waals surface area contributed by atoms with Crippen LogP contribution in [0.15, 0.2) is 65.2 Å². The van der Waals surface area contributed by atoms with Gasteiger partial charge in [0.2, 0.25) is 5.91 Å². The molecule has 0 aliphatic carbocycles. The number of aryl methyl sites for hydroxylation is 1. The number of carbonyl (C=O) groups is 1. The Hall–Kier alpha value is -2.96. The van der Waals surface area contributed by atoms with Crippen LogP contribution < -0.4 is 5.32 Å². The van der Waals surface area contributed by atoms with E-state index in [4.69, 9.17) is 4.42 Å². The van der Waals surface area contributed by atoms with Crippen molar-refractivity contribution in [2.45, 2.75) is 44.9 Å². The first kappa shape index (κ1) is 21.3. The predicted octanol–water partition coefficient (Wildman–Crippen LogP) is 3.55. The molecule has 2 heterocycles. The van der Waals surface area contributed by atoms with Gasteiger partial charge in [0.15, 0.2) is 11.7 Å². The van der Waals surface area contributed by atoms with Gasteiger partial charge in [0.25, 0.3) is 0 Å². The molecule has 0 radical (unpaired) electrons. The van der Waals surface area contributed by atoms with Crippen molar-refractivity contribution in [1.29, 1.82) is 0 Å². The van der Waals surface area contributed by atoms with Crippen LogP contribution in [-0.4, -0.2) is 40.1 Å². The summed E-state index contributed by atoms with van der Waals surface area (Å²) in [5.41, 5.74) is 3.31. The van der Waals surface area contributed by atoms with Crippen LogP contribution in [0.3, 0.4) is 0 Å². The van der Waals surface area contributed by atoms with Crippen molar-refractivity contribution in [3.63, 3.8) is 0 Å². The Morgan fingerprint density at radius 3 is 2.52 bits per heavy atom. The number of amides is 1. The van der Waals surface area contributed by atoms with Crippen LogP contribution in [0, 0.1) is 0 Å². The van der Waals surface area contributed by atoms with Crippen molar-refractivity contribution in [2.75, 3.05) is 13.1 Å². The molecule has 3 aromatic rings. The van der Waals surface area contributed by atoms with Crippen molar-refractivity contribution in [3.8, 4) is 11.3 Å². The molecule has 1 saturated heterocycles. The highest BCUT2D eigenvalue weighted by Gasteiger charge is 2.16. The van der Waals surface area contributed by atoms with E-state index >= 15 is 0 Å². The SMILES string of the molecule is O=C(CCc1ncc(-c2ccccc2)o1)NCc1ccc(CN2CCC(O)CC2)cc1. The lowest BCUT2D eigenvalue weighted by Gasteiger charge is -2.29. The molecule has 2 N–H and O–H groups in total. The number of hydrogen-bond donors (Lipinski definition) is 2. The van der Waals surface area contributed by atoms with Gasteiger partial charge in [0, 0.05) is 44.6 Å². The molecule has 4 rings (SSSR count). The average Bonchev–Trinajstić information content (AvgIpc) is 3.28. The van der Waals surface area contributed by atoms with E-state index in [0.29, 0.717) is 25.3 Å². The first-order valence-electron chi connectivity index (χ1n) is 10.9. The summed E-state index contributed by atoms with van der Waals surface area (Å²) < 4.78 is 5.76. The number of rotatable bonds is 8. The van der Waals surface area contributed by atoms with E-state index in [-0.39, 0.29) is 12.0 Å². The minimum Gasteiger partial charge on any atom is -0.441 e. The van der Waals surface area contributed by atoms with Crippen LogP contribution >= 0.6 is 0 Å². The normalized spacial score (nSPS) is 15.1. The van der Waals surface area contributed by atoms with Gasteiger partial charge in [0.1, 0.15) is 0 Å². The Morgan fingerprint density at radius 1 is 1.06 bits per heavy atom. The zero-order chi connectivity index (χ0) is 21.5. The number of aromatic nitrogens is 1. The zero-order valence-electron chi connectivity index (χ0n) is 17.7. The quantitative estimate of drug-likeness (QED) is 0.584. The van der Waals surface area contributed by atoms with E-state index in [2.05, 4.69) is 39.5 Å². The first-order chi connectivity index (χ1) is 15.2. The summed E-state index contributed by atoms with van der Waals surface area (Å²) in [6, 6.07) is 18.2. The molecule has 1 amide bonds. The van der Waals surface area contributed by atoms with Crippen LogP contribution in [0.25, 0.3) is 11.3 Å². The maximum absolute atomic E-state index is 12.2. The molecule has 6 nitrogen and oxygen atoms in total. The van der Waals surface area contributed by atoms with Crippen LogP contribution in [0.5, 0.6) is 0 Å². The Balaban J connectivity index is 1.19. The van der Waals surface area contributed by atoms with E-state index in [9.17, 15) is 9.90 Å². The van der Waals surface area contributed by atoms with Gasteiger partial charge in [-0.2, -0.15) is 0 Å². The van der Waals surface area contributed by atoms with Crippen molar-refractivity contribution in [3.05, 3.63) is 77.8 Å².